The van der Waals surface area contributed by atoms with Gasteiger partial charge in [-0.2, -0.15) is 0 Å². The molecule has 0 bridgehead atoms. The van der Waals surface area contributed by atoms with Crippen molar-refractivity contribution < 1.29 is 13.9 Å². The summed E-state index contributed by atoms with van der Waals surface area (Å²) in [7, 11) is 1.53. The lowest BCUT2D eigenvalue weighted by molar-refractivity contribution is 0.308. The van der Waals surface area contributed by atoms with Crippen LogP contribution in [0.25, 0.3) is 0 Å². The lowest BCUT2D eigenvalue weighted by Gasteiger charge is -2.08. The molecule has 0 spiro atoms. The normalized spacial score (nSPS) is 10.4. The molecule has 0 heterocycles. The molecule has 0 aliphatic carbocycles. The van der Waals surface area contributed by atoms with Crippen LogP contribution in [-0.2, 0) is 6.54 Å². The van der Waals surface area contributed by atoms with Gasteiger partial charge in [0.15, 0.2) is 0 Å². The third-order valence-electron chi connectivity index (χ3n) is 3.09. The van der Waals surface area contributed by atoms with Crippen LogP contribution in [-0.4, -0.2) is 20.3 Å². The molecule has 1 N–H and O–H groups in total. The highest BCUT2D eigenvalue weighted by molar-refractivity contribution is 5.28. The highest BCUT2D eigenvalue weighted by Gasteiger charge is 2.03. The van der Waals surface area contributed by atoms with Crippen molar-refractivity contribution in [3.8, 4) is 11.5 Å². The second-order valence-electron chi connectivity index (χ2n) is 4.65. The zero-order valence-corrected chi connectivity index (χ0v) is 12.1. The van der Waals surface area contributed by atoms with E-state index in [0.717, 1.165) is 18.7 Å². The van der Waals surface area contributed by atoms with Crippen molar-refractivity contribution in [1.82, 2.24) is 5.32 Å². The van der Waals surface area contributed by atoms with Crippen molar-refractivity contribution in [3.05, 3.63) is 59.9 Å². The summed E-state index contributed by atoms with van der Waals surface area (Å²) in [5, 5.41) is 3.21. The van der Waals surface area contributed by atoms with E-state index in [-0.39, 0.29) is 5.82 Å². The maximum absolute atomic E-state index is 13.7. The molecule has 0 fully saturated rings. The molecule has 112 valence electrons. The molecule has 0 aliphatic heterocycles. The van der Waals surface area contributed by atoms with E-state index in [4.69, 9.17) is 9.47 Å². The number of hydrogen-bond acceptors (Lipinski definition) is 3. The third-order valence-corrected chi connectivity index (χ3v) is 3.09. The highest BCUT2D eigenvalue weighted by atomic mass is 19.1. The standard InChI is InChI=1S/C17H20FNO2/c1-20-16-9-8-14(17(18)12-16)13-19-10-5-11-21-15-6-3-2-4-7-15/h2-4,6-9,12,19H,5,10-11,13H2,1H3. The Morgan fingerprint density at radius 2 is 1.86 bits per heavy atom. The first kappa shape index (κ1) is 15.3. The van der Waals surface area contributed by atoms with Crippen molar-refractivity contribution in [1.29, 1.82) is 0 Å². The first-order valence-electron chi connectivity index (χ1n) is 7.00. The molecule has 0 amide bonds. The summed E-state index contributed by atoms with van der Waals surface area (Å²) < 4.78 is 24.2. The largest absolute Gasteiger partial charge is 0.497 e. The summed E-state index contributed by atoms with van der Waals surface area (Å²) >= 11 is 0. The molecule has 21 heavy (non-hydrogen) atoms. The Balaban J connectivity index is 1.64. The van der Waals surface area contributed by atoms with Crippen LogP contribution in [0.4, 0.5) is 4.39 Å². The summed E-state index contributed by atoms with van der Waals surface area (Å²) in [5.41, 5.74) is 0.639. The van der Waals surface area contributed by atoms with Gasteiger partial charge in [0, 0.05) is 18.2 Å². The zero-order chi connectivity index (χ0) is 14.9. The smallest absolute Gasteiger partial charge is 0.131 e. The quantitative estimate of drug-likeness (QED) is 0.756. The number of benzene rings is 2. The predicted octanol–water partition coefficient (Wildman–Crippen LogP) is 3.39. The summed E-state index contributed by atoms with van der Waals surface area (Å²) in [6.45, 7) is 1.92. The Bertz CT molecular complexity index is 546. The zero-order valence-electron chi connectivity index (χ0n) is 12.1. The van der Waals surface area contributed by atoms with Gasteiger partial charge in [0.05, 0.1) is 13.7 Å². The molecule has 0 unspecified atom stereocenters. The van der Waals surface area contributed by atoms with Crippen LogP contribution < -0.4 is 14.8 Å². The molecule has 2 aromatic carbocycles. The van der Waals surface area contributed by atoms with Crippen LogP contribution in [0.5, 0.6) is 11.5 Å². The number of methoxy groups -OCH3 is 1. The van der Waals surface area contributed by atoms with Crippen LogP contribution >= 0.6 is 0 Å². The van der Waals surface area contributed by atoms with Gasteiger partial charge in [-0.3, -0.25) is 0 Å². The van der Waals surface area contributed by atoms with E-state index in [9.17, 15) is 4.39 Å². The molecule has 0 aliphatic rings. The van der Waals surface area contributed by atoms with Gasteiger partial charge in [-0.15, -0.1) is 0 Å². The van der Waals surface area contributed by atoms with Crippen LogP contribution in [0.2, 0.25) is 0 Å². The van der Waals surface area contributed by atoms with Crippen molar-refractivity contribution in [3.63, 3.8) is 0 Å². The monoisotopic (exact) mass is 289 g/mol. The van der Waals surface area contributed by atoms with Crippen LogP contribution in [0.3, 0.4) is 0 Å². The summed E-state index contributed by atoms with van der Waals surface area (Å²) in [6, 6.07) is 14.6. The average Bonchev–Trinajstić information content (AvgIpc) is 2.53. The van der Waals surface area contributed by atoms with Crippen molar-refractivity contribution in [2.75, 3.05) is 20.3 Å². The Morgan fingerprint density at radius 3 is 2.57 bits per heavy atom. The molecule has 0 saturated heterocycles. The van der Waals surface area contributed by atoms with E-state index in [0.29, 0.717) is 24.5 Å². The minimum absolute atomic E-state index is 0.248. The lowest BCUT2D eigenvalue weighted by Crippen LogP contribution is -2.17. The molecule has 3 nitrogen and oxygen atoms in total. The third kappa shape index (κ3) is 5.08. The van der Waals surface area contributed by atoms with Gasteiger partial charge in [0.1, 0.15) is 17.3 Å². The van der Waals surface area contributed by atoms with Crippen molar-refractivity contribution >= 4 is 0 Å². The average molecular weight is 289 g/mol. The summed E-state index contributed by atoms with van der Waals surface area (Å²) in [5.74, 6) is 1.16. The fraction of sp³-hybridized carbons (Fsp3) is 0.294. The molecule has 0 aromatic heterocycles. The minimum Gasteiger partial charge on any atom is -0.497 e. The second-order valence-corrected chi connectivity index (χ2v) is 4.65. The topological polar surface area (TPSA) is 30.5 Å². The number of nitrogens with one attached hydrogen (secondary N) is 1. The van der Waals surface area contributed by atoms with Crippen molar-refractivity contribution in [2.45, 2.75) is 13.0 Å². The van der Waals surface area contributed by atoms with E-state index in [1.165, 1.54) is 13.2 Å². The Kier molecular flexibility index (Phi) is 6.03. The molecule has 0 saturated carbocycles. The van der Waals surface area contributed by atoms with Crippen LogP contribution in [0.15, 0.2) is 48.5 Å². The fourth-order valence-electron chi connectivity index (χ4n) is 1.93. The molecule has 0 atom stereocenters. The first-order valence-corrected chi connectivity index (χ1v) is 7.00. The number of halogens is 1. The maximum atomic E-state index is 13.7. The minimum atomic E-state index is -0.248. The number of rotatable bonds is 8. The summed E-state index contributed by atoms with van der Waals surface area (Å²) in [6.07, 6.45) is 0.868. The number of para-hydroxylation sites is 1. The highest BCUT2D eigenvalue weighted by Crippen LogP contribution is 2.15. The Morgan fingerprint density at radius 1 is 1.05 bits per heavy atom. The van der Waals surface area contributed by atoms with E-state index < -0.39 is 0 Å². The van der Waals surface area contributed by atoms with Gasteiger partial charge >= 0.3 is 0 Å². The molecule has 2 rings (SSSR count). The predicted molar refractivity (Wildman–Crippen MR) is 81.2 cm³/mol. The van der Waals surface area contributed by atoms with E-state index in [1.54, 1.807) is 12.1 Å². The molecular formula is C17H20FNO2. The second kappa shape index (κ2) is 8.27. The Labute approximate surface area is 124 Å². The first-order chi connectivity index (χ1) is 10.3. The number of ether oxygens (including phenoxy) is 2. The Hall–Kier alpha value is -2.07. The van der Waals surface area contributed by atoms with E-state index >= 15 is 0 Å². The SMILES string of the molecule is COc1ccc(CNCCCOc2ccccc2)c(F)c1. The molecular weight excluding hydrogens is 269 g/mol. The molecule has 4 heteroatoms. The van der Waals surface area contributed by atoms with Gasteiger partial charge in [-0.25, -0.2) is 4.39 Å². The fourth-order valence-corrected chi connectivity index (χ4v) is 1.93. The summed E-state index contributed by atoms with van der Waals surface area (Å²) in [4.78, 5) is 0. The maximum Gasteiger partial charge on any atom is 0.131 e. The molecule has 2 aromatic rings. The van der Waals surface area contributed by atoms with Crippen molar-refractivity contribution in [2.24, 2.45) is 0 Å². The molecule has 0 radical (unpaired) electrons. The van der Waals surface area contributed by atoms with Gasteiger partial charge in [-0.05, 0) is 31.2 Å². The van der Waals surface area contributed by atoms with E-state index in [2.05, 4.69) is 5.32 Å². The van der Waals surface area contributed by atoms with Gasteiger partial charge in [0.25, 0.3) is 0 Å². The van der Waals surface area contributed by atoms with Gasteiger partial charge < -0.3 is 14.8 Å². The van der Waals surface area contributed by atoms with Gasteiger partial charge in [0.2, 0.25) is 0 Å². The number of hydrogen-bond donors (Lipinski definition) is 1. The lowest BCUT2D eigenvalue weighted by atomic mass is 10.2. The van der Waals surface area contributed by atoms with E-state index in [1.807, 2.05) is 30.3 Å². The van der Waals surface area contributed by atoms with Crippen LogP contribution in [0.1, 0.15) is 12.0 Å². The van der Waals surface area contributed by atoms with Gasteiger partial charge in [-0.1, -0.05) is 24.3 Å². The van der Waals surface area contributed by atoms with Crippen LogP contribution in [0, 0.1) is 5.82 Å².